The van der Waals surface area contributed by atoms with Gasteiger partial charge in [0.2, 0.25) is 0 Å². The topological polar surface area (TPSA) is 0 Å². The first-order valence-electron chi connectivity index (χ1n) is 9.61. The molecule has 5 aromatic carbocycles. The number of fused-ring (bicyclic) bond motifs is 2. The molecule has 0 aromatic heterocycles. The summed E-state index contributed by atoms with van der Waals surface area (Å²) in [5.74, 6) is -0.802. The fourth-order valence-electron chi connectivity index (χ4n) is 4.03. The van der Waals surface area contributed by atoms with Gasteiger partial charge >= 0.3 is 0 Å². The molecule has 5 rings (SSSR count). The molecule has 30 heavy (non-hydrogen) atoms. The van der Waals surface area contributed by atoms with Crippen LogP contribution in [-0.2, 0) is 11.8 Å². The molecular weight excluding hydrogens is 413 g/mol. The van der Waals surface area contributed by atoms with Gasteiger partial charge in [-0.2, -0.15) is 0 Å². The van der Waals surface area contributed by atoms with E-state index in [2.05, 4.69) is 18.2 Å². The summed E-state index contributed by atoms with van der Waals surface area (Å²) >= 11 is 6.26. The average Bonchev–Trinajstić information content (AvgIpc) is 2.77. The number of halogens is 2. The Morgan fingerprint density at radius 2 is 0.967 bits per heavy atom. The largest absolute Gasteiger partial charge is 0.206 e. The van der Waals surface area contributed by atoms with Gasteiger partial charge in [-0.3, -0.25) is 0 Å². The Balaban J connectivity index is 1.93. The summed E-state index contributed by atoms with van der Waals surface area (Å²) in [6.07, 6.45) is 0. The molecule has 146 valence electrons. The van der Waals surface area contributed by atoms with Crippen molar-refractivity contribution in [2.45, 2.75) is 0 Å². The van der Waals surface area contributed by atoms with Gasteiger partial charge < -0.3 is 0 Å². The van der Waals surface area contributed by atoms with Crippen LogP contribution >= 0.6 is 6.04 Å². The summed E-state index contributed by atoms with van der Waals surface area (Å²) in [6, 6.07) is 28.2. The lowest BCUT2D eigenvalue weighted by Gasteiger charge is -2.26. The van der Waals surface area contributed by atoms with Gasteiger partial charge in [-0.15, -0.1) is 0 Å². The minimum Gasteiger partial charge on any atom is -0.206 e. The number of benzene rings is 5. The second kappa shape index (κ2) is 7.43. The molecule has 4 heteroatoms. The highest BCUT2D eigenvalue weighted by Crippen LogP contribution is 2.46. The van der Waals surface area contributed by atoms with Crippen molar-refractivity contribution in [1.82, 2.24) is 0 Å². The van der Waals surface area contributed by atoms with Crippen molar-refractivity contribution < 1.29 is 8.78 Å². The number of rotatable bonds is 3. The van der Waals surface area contributed by atoms with E-state index in [-0.39, 0.29) is 0 Å². The van der Waals surface area contributed by atoms with Crippen LogP contribution < -0.4 is 15.9 Å². The molecule has 0 aliphatic carbocycles. The van der Waals surface area contributed by atoms with Crippen LogP contribution in [0.5, 0.6) is 0 Å². The highest BCUT2D eigenvalue weighted by Gasteiger charge is 2.31. The van der Waals surface area contributed by atoms with Crippen molar-refractivity contribution >= 4 is 55.3 Å². The highest BCUT2D eigenvalue weighted by molar-refractivity contribution is 8.25. The van der Waals surface area contributed by atoms with E-state index in [1.54, 1.807) is 36.4 Å². The van der Waals surface area contributed by atoms with Gasteiger partial charge in [-0.25, -0.2) is 8.78 Å². The van der Waals surface area contributed by atoms with Gasteiger partial charge in [0.15, 0.2) is 0 Å². The summed E-state index contributed by atoms with van der Waals surface area (Å²) in [5, 5.41) is 5.69. The van der Waals surface area contributed by atoms with Crippen molar-refractivity contribution in [3.8, 4) is 0 Å². The Morgan fingerprint density at radius 1 is 0.500 bits per heavy atom. The summed E-state index contributed by atoms with van der Waals surface area (Å²) in [7, 11) is 0. The molecule has 0 aliphatic heterocycles. The van der Waals surface area contributed by atoms with E-state index < -0.39 is 17.7 Å². The van der Waals surface area contributed by atoms with Gasteiger partial charge in [0, 0.05) is 22.0 Å². The Morgan fingerprint density at radius 3 is 1.57 bits per heavy atom. The molecule has 0 amide bonds. The zero-order chi connectivity index (χ0) is 20.7. The Hall–Kier alpha value is -2.87. The van der Waals surface area contributed by atoms with Gasteiger partial charge in [-0.1, -0.05) is 90.7 Å². The van der Waals surface area contributed by atoms with Crippen LogP contribution in [0.3, 0.4) is 0 Å². The molecule has 0 spiro atoms. The zero-order valence-corrected chi connectivity index (χ0v) is 17.6. The van der Waals surface area contributed by atoms with Crippen LogP contribution in [0, 0.1) is 11.6 Å². The molecule has 0 nitrogen and oxygen atoms in total. The predicted molar refractivity (Wildman–Crippen MR) is 127 cm³/mol. The zero-order valence-electron chi connectivity index (χ0n) is 15.9. The van der Waals surface area contributed by atoms with Gasteiger partial charge in [0.05, 0.1) is 0 Å². The molecule has 0 heterocycles. The number of hydrogen-bond acceptors (Lipinski definition) is 1. The third kappa shape index (κ3) is 2.98. The molecule has 0 bridgehead atoms. The second-order valence-corrected chi connectivity index (χ2v) is 11.5. The van der Waals surface area contributed by atoms with Crippen LogP contribution in [0.4, 0.5) is 8.78 Å². The minimum atomic E-state index is -2.99. The van der Waals surface area contributed by atoms with Crippen molar-refractivity contribution in [2.24, 2.45) is 0 Å². The van der Waals surface area contributed by atoms with Crippen LogP contribution in [0.15, 0.2) is 103 Å². The SMILES string of the molecule is Fc1ccccc1P(=S)(c1ccccc1F)c1cccc2cc3ccccc3cc12. The van der Waals surface area contributed by atoms with E-state index >= 15 is 8.78 Å². The van der Waals surface area contributed by atoms with E-state index in [0.29, 0.717) is 10.6 Å². The maximum Gasteiger partial charge on any atom is 0.132 e. The second-order valence-electron chi connectivity index (χ2n) is 7.21. The maximum absolute atomic E-state index is 15.1. The van der Waals surface area contributed by atoms with Crippen LogP contribution in [0.1, 0.15) is 0 Å². The van der Waals surface area contributed by atoms with Gasteiger partial charge in [-0.05, 0) is 45.8 Å². The normalized spacial score (nSPS) is 11.8. The van der Waals surface area contributed by atoms with Crippen molar-refractivity contribution in [3.63, 3.8) is 0 Å². The molecule has 0 aliphatic rings. The van der Waals surface area contributed by atoms with Crippen molar-refractivity contribution in [2.75, 3.05) is 0 Å². The Bertz CT molecular complexity index is 1410. The van der Waals surface area contributed by atoms with E-state index in [1.165, 1.54) is 12.1 Å². The predicted octanol–water partition coefficient (Wildman–Crippen LogP) is 6.03. The van der Waals surface area contributed by atoms with Crippen molar-refractivity contribution in [3.05, 3.63) is 115 Å². The first-order chi connectivity index (χ1) is 14.6. The van der Waals surface area contributed by atoms with E-state index in [9.17, 15) is 0 Å². The van der Waals surface area contributed by atoms with E-state index in [4.69, 9.17) is 11.8 Å². The maximum atomic E-state index is 15.1. The van der Waals surface area contributed by atoms with E-state index in [1.807, 2.05) is 36.4 Å². The molecule has 0 N–H and O–H groups in total. The van der Waals surface area contributed by atoms with Gasteiger partial charge in [0.25, 0.3) is 0 Å². The molecule has 0 radical (unpaired) electrons. The molecule has 0 unspecified atom stereocenters. The van der Waals surface area contributed by atoms with Gasteiger partial charge in [0.1, 0.15) is 11.6 Å². The molecule has 5 aromatic rings. The average molecular weight is 430 g/mol. The first-order valence-corrected chi connectivity index (χ1v) is 12.4. The monoisotopic (exact) mass is 430 g/mol. The van der Waals surface area contributed by atoms with Crippen LogP contribution in [-0.4, -0.2) is 0 Å². The molecule has 0 atom stereocenters. The highest BCUT2D eigenvalue weighted by atomic mass is 32.4. The van der Waals surface area contributed by atoms with E-state index in [0.717, 1.165) is 26.8 Å². The molecular formula is C26H17F2PS. The minimum absolute atomic E-state index is 0.380. The van der Waals surface area contributed by atoms with Crippen molar-refractivity contribution in [1.29, 1.82) is 0 Å². The summed E-state index contributed by atoms with van der Waals surface area (Å²) in [6.45, 7) is 0. The third-order valence-corrected chi connectivity index (χ3v) is 10.4. The Kier molecular flexibility index (Phi) is 4.73. The molecule has 0 saturated heterocycles. The molecule has 0 saturated carbocycles. The van der Waals surface area contributed by atoms with Crippen LogP contribution in [0.25, 0.3) is 21.5 Å². The first kappa shape index (κ1) is 19.1. The fraction of sp³-hybridized carbons (Fsp3) is 0. The van der Waals surface area contributed by atoms with Crippen LogP contribution in [0.2, 0.25) is 0 Å². The summed E-state index contributed by atoms with van der Waals surface area (Å²) < 4.78 is 30.2. The standard InChI is InChI=1S/C26H17F2PS/c27-22-11-3-5-13-25(22)29(30,26-14-6-4-12-23(26)28)24-15-7-10-20-16-18-8-1-2-9-19(18)17-21(20)24/h1-17H. The lowest BCUT2D eigenvalue weighted by atomic mass is 10.0. The Labute approximate surface area is 178 Å². The fourth-order valence-corrected chi connectivity index (χ4v) is 8.34. The third-order valence-electron chi connectivity index (χ3n) is 5.45. The quantitative estimate of drug-likeness (QED) is 0.249. The number of hydrogen-bond donors (Lipinski definition) is 0. The molecule has 0 fully saturated rings. The lowest BCUT2D eigenvalue weighted by Crippen LogP contribution is -2.29. The lowest BCUT2D eigenvalue weighted by molar-refractivity contribution is 0.634. The summed E-state index contributed by atoms with van der Waals surface area (Å²) in [4.78, 5) is 0. The smallest absolute Gasteiger partial charge is 0.132 e. The summed E-state index contributed by atoms with van der Waals surface area (Å²) in [5.41, 5.74) is 0.